The summed E-state index contributed by atoms with van der Waals surface area (Å²) in [7, 11) is 0. The van der Waals surface area contributed by atoms with Crippen LogP contribution in [0.2, 0.25) is 0 Å². The van der Waals surface area contributed by atoms with Gasteiger partial charge in [-0.3, -0.25) is 9.59 Å². The van der Waals surface area contributed by atoms with Gasteiger partial charge in [0.05, 0.1) is 11.9 Å². The van der Waals surface area contributed by atoms with E-state index >= 15 is 0 Å². The normalized spacial score (nSPS) is 23.0. The second kappa shape index (κ2) is 6.26. The lowest BCUT2D eigenvalue weighted by molar-refractivity contribution is -0.142. The zero-order chi connectivity index (χ0) is 17.3. The zero-order valence-electron chi connectivity index (χ0n) is 12.7. The van der Waals surface area contributed by atoms with E-state index in [-0.39, 0.29) is 5.69 Å². The van der Waals surface area contributed by atoms with Gasteiger partial charge in [0.15, 0.2) is 0 Å². The summed E-state index contributed by atoms with van der Waals surface area (Å²) < 4.78 is 37.3. The smallest absolute Gasteiger partial charge is 0.334 e. The number of carbonyl (C=O) groups is 2. The average molecular weight is 339 g/mol. The molecular formula is C16H16F3N3O2. The zero-order valence-corrected chi connectivity index (χ0v) is 12.7. The molecule has 1 aliphatic heterocycles. The third kappa shape index (κ3) is 3.42. The van der Waals surface area contributed by atoms with Crippen molar-refractivity contribution in [3.8, 4) is 0 Å². The summed E-state index contributed by atoms with van der Waals surface area (Å²) >= 11 is 0. The predicted molar refractivity (Wildman–Crippen MR) is 79.8 cm³/mol. The average Bonchev–Trinajstić information content (AvgIpc) is 2.97. The Labute approximate surface area is 136 Å². The molecular weight excluding hydrogens is 323 g/mol. The molecule has 1 N–H and O–H groups in total. The van der Waals surface area contributed by atoms with E-state index in [0.717, 1.165) is 31.2 Å². The fourth-order valence-corrected chi connectivity index (χ4v) is 3.14. The van der Waals surface area contributed by atoms with Crippen molar-refractivity contribution in [1.82, 2.24) is 9.88 Å². The minimum Gasteiger partial charge on any atom is -0.334 e. The van der Waals surface area contributed by atoms with Crippen LogP contribution in [0, 0.1) is 11.8 Å². The number of halogens is 3. The van der Waals surface area contributed by atoms with Gasteiger partial charge >= 0.3 is 18.0 Å². The molecule has 3 rings (SSSR count). The van der Waals surface area contributed by atoms with E-state index < -0.39 is 23.7 Å². The lowest BCUT2D eigenvalue weighted by atomic mass is 9.86. The number of fused-ring (bicyclic) bond motifs is 1. The summed E-state index contributed by atoms with van der Waals surface area (Å²) in [4.78, 5) is 29.0. The maximum absolute atomic E-state index is 12.4. The van der Waals surface area contributed by atoms with Crippen LogP contribution in [0.1, 0.15) is 18.5 Å². The Morgan fingerprint density at radius 3 is 2.25 bits per heavy atom. The lowest BCUT2D eigenvalue weighted by Gasteiger charge is -2.17. The van der Waals surface area contributed by atoms with Crippen LogP contribution in [0.3, 0.4) is 0 Å². The standard InChI is InChI=1S/C16H16F3N3O2/c17-16(18,19)13-6-5-12(7-20-13)21-14(23)15(24)22-8-10-3-1-2-4-11(10)9-22/h1-2,5-7,10-11H,3-4,8-9H2,(H,21,23)/t10-,11-/m0/s1. The summed E-state index contributed by atoms with van der Waals surface area (Å²) in [5.41, 5.74) is -0.998. The number of anilines is 1. The van der Waals surface area contributed by atoms with E-state index in [1.165, 1.54) is 4.90 Å². The van der Waals surface area contributed by atoms with Crippen LogP contribution in [0.4, 0.5) is 18.9 Å². The molecule has 128 valence electrons. The Kier molecular flexibility index (Phi) is 4.29. The summed E-state index contributed by atoms with van der Waals surface area (Å²) in [5.74, 6) is -0.772. The molecule has 0 spiro atoms. The fourth-order valence-electron chi connectivity index (χ4n) is 3.14. The molecule has 0 saturated carbocycles. The minimum atomic E-state index is -4.54. The van der Waals surface area contributed by atoms with Gasteiger partial charge in [-0.2, -0.15) is 13.2 Å². The number of rotatable bonds is 1. The molecule has 1 aromatic heterocycles. The van der Waals surface area contributed by atoms with Gasteiger partial charge in [0, 0.05) is 13.1 Å². The highest BCUT2D eigenvalue weighted by molar-refractivity contribution is 6.39. The van der Waals surface area contributed by atoms with Crippen LogP contribution < -0.4 is 5.32 Å². The minimum absolute atomic E-state index is 0.0552. The van der Waals surface area contributed by atoms with Gasteiger partial charge in [-0.15, -0.1) is 0 Å². The Balaban J connectivity index is 1.60. The molecule has 0 radical (unpaired) electrons. The number of nitrogens with one attached hydrogen (secondary N) is 1. The molecule has 2 amide bonds. The van der Waals surface area contributed by atoms with Crippen LogP contribution in [0.25, 0.3) is 0 Å². The Bertz CT molecular complexity index is 654. The quantitative estimate of drug-likeness (QED) is 0.631. The molecule has 2 heterocycles. The molecule has 2 atom stereocenters. The van der Waals surface area contributed by atoms with Gasteiger partial charge in [-0.1, -0.05) is 12.2 Å². The van der Waals surface area contributed by atoms with Crippen molar-refractivity contribution in [2.45, 2.75) is 19.0 Å². The highest BCUT2D eigenvalue weighted by atomic mass is 19.4. The molecule has 0 aromatic carbocycles. The lowest BCUT2D eigenvalue weighted by Crippen LogP contribution is -2.38. The molecule has 24 heavy (non-hydrogen) atoms. The van der Waals surface area contributed by atoms with Crippen molar-refractivity contribution in [2.75, 3.05) is 18.4 Å². The molecule has 1 aromatic rings. The monoisotopic (exact) mass is 339 g/mol. The first kappa shape index (κ1) is 16.5. The number of hydrogen-bond donors (Lipinski definition) is 1. The maximum Gasteiger partial charge on any atom is 0.433 e. The fraction of sp³-hybridized carbons (Fsp3) is 0.438. The number of likely N-dealkylation sites (tertiary alicyclic amines) is 1. The van der Waals surface area contributed by atoms with Gasteiger partial charge in [-0.25, -0.2) is 4.98 Å². The predicted octanol–water partition coefficient (Wildman–Crippen LogP) is 2.46. The number of allylic oxidation sites excluding steroid dienone is 2. The van der Waals surface area contributed by atoms with Crippen molar-refractivity contribution in [2.24, 2.45) is 11.8 Å². The van der Waals surface area contributed by atoms with E-state index in [1.54, 1.807) is 0 Å². The Hall–Kier alpha value is -2.38. The van der Waals surface area contributed by atoms with Crippen molar-refractivity contribution in [3.63, 3.8) is 0 Å². The number of amides is 2. The van der Waals surface area contributed by atoms with E-state index in [2.05, 4.69) is 22.5 Å². The third-order valence-corrected chi connectivity index (χ3v) is 4.41. The topological polar surface area (TPSA) is 62.3 Å². The van der Waals surface area contributed by atoms with Crippen LogP contribution in [0.5, 0.6) is 0 Å². The third-order valence-electron chi connectivity index (χ3n) is 4.41. The molecule has 1 saturated heterocycles. The van der Waals surface area contributed by atoms with Crippen LogP contribution in [-0.2, 0) is 15.8 Å². The number of hydrogen-bond acceptors (Lipinski definition) is 3. The number of nitrogens with zero attached hydrogens (tertiary/aromatic N) is 2. The van der Waals surface area contributed by atoms with Gasteiger partial charge in [0.1, 0.15) is 5.69 Å². The van der Waals surface area contributed by atoms with E-state index in [4.69, 9.17) is 0 Å². The maximum atomic E-state index is 12.4. The first-order chi connectivity index (χ1) is 11.3. The van der Waals surface area contributed by atoms with Gasteiger partial charge in [0.25, 0.3) is 0 Å². The largest absolute Gasteiger partial charge is 0.433 e. The SMILES string of the molecule is O=C(Nc1ccc(C(F)(F)F)nc1)C(=O)N1C[C@@H]2CC=CC[C@H]2C1. The Morgan fingerprint density at radius 1 is 1.12 bits per heavy atom. The first-order valence-corrected chi connectivity index (χ1v) is 7.63. The van der Waals surface area contributed by atoms with Crippen molar-refractivity contribution in [1.29, 1.82) is 0 Å². The molecule has 1 fully saturated rings. The molecule has 2 aliphatic rings. The molecule has 1 aliphatic carbocycles. The first-order valence-electron chi connectivity index (χ1n) is 7.63. The second-order valence-corrected chi connectivity index (χ2v) is 6.06. The molecule has 0 unspecified atom stereocenters. The summed E-state index contributed by atoms with van der Waals surface area (Å²) in [6.07, 6.45) is 2.32. The van der Waals surface area contributed by atoms with E-state index in [1.807, 2.05) is 0 Å². The molecule has 8 heteroatoms. The van der Waals surface area contributed by atoms with Gasteiger partial charge < -0.3 is 10.2 Å². The van der Waals surface area contributed by atoms with Crippen LogP contribution in [-0.4, -0.2) is 34.8 Å². The Morgan fingerprint density at radius 2 is 1.75 bits per heavy atom. The number of carbonyl (C=O) groups excluding carboxylic acids is 2. The van der Waals surface area contributed by atoms with E-state index in [9.17, 15) is 22.8 Å². The van der Waals surface area contributed by atoms with Gasteiger partial charge in [0.2, 0.25) is 0 Å². The van der Waals surface area contributed by atoms with Crippen molar-refractivity contribution in [3.05, 3.63) is 36.2 Å². The van der Waals surface area contributed by atoms with Crippen LogP contribution >= 0.6 is 0 Å². The van der Waals surface area contributed by atoms with Crippen molar-refractivity contribution < 1.29 is 22.8 Å². The number of pyridine rings is 1. The van der Waals surface area contributed by atoms with E-state index in [0.29, 0.717) is 24.9 Å². The highest BCUT2D eigenvalue weighted by Gasteiger charge is 2.37. The van der Waals surface area contributed by atoms with Crippen LogP contribution in [0.15, 0.2) is 30.5 Å². The summed E-state index contributed by atoms with van der Waals surface area (Å²) in [6, 6.07) is 1.84. The number of alkyl halides is 3. The second-order valence-electron chi connectivity index (χ2n) is 6.06. The molecule has 0 bridgehead atoms. The highest BCUT2D eigenvalue weighted by Crippen LogP contribution is 2.33. The molecule has 5 nitrogen and oxygen atoms in total. The number of aromatic nitrogens is 1. The summed E-state index contributed by atoms with van der Waals surface area (Å²) in [6.45, 7) is 1.07. The summed E-state index contributed by atoms with van der Waals surface area (Å²) in [5, 5.41) is 2.30. The van der Waals surface area contributed by atoms with Gasteiger partial charge in [-0.05, 0) is 36.8 Å². The van der Waals surface area contributed by atoms with Crippen molar-refractivity contribution >= 4 is 17.5 Å².